The Hall–Kier alpha value is -1.88. The Morgan fingerprint density at radius 1 is 1.22 bits per heavy atom. The van der Waals surface area contributed by atoms with Crippen LogP contribution in [0.4, 0.5) is 0 Å². The van der Waals surface area contributed by atoms with Gasteiger partial charge >= 0.3 is 0 Å². The monoisotopic (exact) mass is 369 g/mol. The number of nitrogens with zero attached hydrogens (tertiary/aromatic N) is 1. The second-order valence-corrected chi connectivity index (χ2v) is 8.55. The first-order chi connectivity index (χ1) is 13.1. The van der Waals surface area contributed by atoms with Crippen LogP contribution < -0.4 is 10.6 Å². The van der Waals surface area contributed by atoms with Crippen LogP contribution in [0.25, 0.3) is 0 Å². The van der Waals surface area contributed by atoms with Crippen molar-refractivity contribution >= 4 is 11.8 Å². The van der Waals surface area contributed by atoms with Gasteiger partial charge in [-0.25, -0.2) is 0 Å². The summed E-state index contributed by atoms with van der Waals surface area (Å²) in [4.78, 5) is 27.7. The molecule has 5 heteroatoms. The number of rotatable bonds is 5. The summed E-state index contributed by atoms with van der Waals surface area (Å²) in [7, 11) is 0. The Balaban J connectivity index is 1.36. The molecular weight excluding hydrogens is 338 g/mol. The van der Waals surface area contributed by atoms with Crippen molar-refractivity contribution in [2.75, 3.05) is 26.2 Å². The highest BCUT2D eigenvalue weighted by molar-refractivity contribution is 5.91. The molecule has 146 valence electrons. The number of carbonyl (C=O) groups excluding carboxylic acids is 2. The molecule has 1 aliphatic carbocycles. The van der Waals surface area contributed by atoms with Crippen LogP contribution in [0, 0.1) is 12.8 Å². The van der Waals surface area contributed by atoms with Crippen molar-refractivity contribution in [3.05, 3.63) is 35.4 Å². The van der Waals surface area contributed by atoms with Gasteiger partial charge in [-0.3, -0.25) is 9.59 Å². The van der Waals surface area contributed by atoms with Gasteiger partial charge in [0.15, 0.2) is 0 Å². The van der Waals surface area contributed by atoms with Gasteiger partial charge in [0.25, 0.3) is 0 Å². The predicted octanol–water partition coefficient (Wildman–Crippen LogP) is 2.13. The summed E-state index contributed by atoms with van der Waals surface area (Å²) >= 11 is 0. The number of hydrogen-bond acceptors (Lipinski definition) is 3. The third-order valence-electron chi connectivity index (χ3n) is 6.57. The maximum absolute atomic E-state index is 13.4. The summed E-state index contributed by atoms with van der Waals surface area (Å²) in [5, 5.41) is 6.36. The van der Waals surface area contributed by atoms with Crippen LogP contribution in [0.3, 0.4) is 0 Å². The van der Waals surface area contributed by atoms with Gasteiger partial charge in [0, 0.05) is 19.6 Å². The average molecular weight is 370 g/mol. The van der Waals surface area contributed by atoms with E-state index in [2.05, 4.69) is 34.6 Å². The predicted molar refractivity (Wildman–Crippen MR) is 105 cm³/mol. The number of amides is 2. The fourth-order valence-electron chi connectivity index (χ4n) is 4.83. The summed E-state index contributed by atoms with van der Waals surface area (Å²) in [5.41, 5.74) is 2.13. The lowest BCUT2D eigenvalue weighted by atomic mass is 9.89. The Morgan fingerprint density at radius 3 is 2.74 bits per heavy atom. The molecule has 0 spiro atoms. The van der Waals surface area contributed by atoms with Gasteiger partial charge < -0.3 is 15.5 Å². The summed E-state index contributed by atoms with van der Waals surface area (Å²) in [6.07, 6.45) is 6.03. The first-order valence-corrected chi connectivity index (χ1v) is 10.5. The van der Waals surface area contributed by atoms with E-state index in [-0.39, 0.29) is 17.4 Å². The summed E-state index contributed by atoms with van der Waals surface area (Å²) in [6, 6.07) is 8.28. The number of nitrogens with one attached hydrogen (secondary N) is 2. The molecule has 3 aliphatic rings. The molecule has 2 aliphatic heterocycles. The molecule has 27 heavy (non-hydrogen) atoms. The van der Waals surface area contributed by atoms with E-state index >= 15 is 0 Å². The largest absolute Gasteiger partial charge is 0.354 e. The van der Waals surface area contributed by atoms with Crippen LogP contribution in [0.2, 0.25) is 0 Å². The number of piperidine rings is 1. The molecule has 2 amide bonds. The number of benzene rings is 1. The Morgan fingerprint density at radius 2 is 2.04 bits per heavy atom. The molecule has 1 aromatic carbocycles. The van der Waals surface area contributed by atoms with Crippen LogP contribution in [-0.4, -0.2) is 48.9 Å². The van der Waals surface area contributed by atoms with Crippen LogP contribution in [-0.2, 0) is 15.0 Å². The highest BCUT2D eigenvalue weighted by Crippen LogP contribution is 2.51. The highest BCUT2D eigenvalue weighted by atomic mass is 16.2. The first kappa shape index (κ1) is 18.5. The van der Waals surface area contributed by atoms with Crippen molar-refractivity contribution < 1.29 is 9.59 Å². The third kappa shape index (κ3) is 3.75. The van der Waals surface area contributed by atoms with E-state index in [1.165, 1.54) is 11.1 Å². The van der Waals surface area contributed by atoms with Crippen molar-refractivity contribution in [1.29, 1.82) is 0 Å². The fraction of sp³-hybridized carbons (Fsp3) is 0.636. The highest BCUT2D eigenvalue weighted by Gasteiger charge is 2.53. The van der Waals surface area contributed by atoms with Crippen LogP contribution in [0.5, 0.6) is 0 Å². The lowest BCUT2D eigenvalue weighted by Gasteiger charge is -2.35. The SMILES string of the molecule is Cc1ccccc1C1(C(=O)N2CCCC(CNC(=O)C3CCCN3)C2)CC1. The zero-order valence-corrected chi connectivity index (χ0v) is 16.3. The molecule has 2 unspecified atom stereocenters. The van der Waals surface area contributed by atoms with Gasteiger partial charge in [-0.05, 0) is 69.0 Å². The number of carbonyl (C=O) groups is 2. The summed E-state index contributed by atoms with van der Waals surface area (Å²) in [6.45, 7) is 5.34. The van der Waals surface area contributed by atoms with Gasteiger partial charge in [0.2, 0.25) is 11.8 Å². The Kier molecular flexibility index (Phi) is 5.22. The molecule has 0 radical (unpaired) electrons. The fourth-order valence-corrected chi connectivity index (χ4v) is 4.83. The van der Waals surface area contributed by atoms with Crippen molar-refractivity contribution in [2.24, 2.45) is 5.92 Å². The zero-order valence-electron chi connectivity index (χ0n) is 16.3. The molecule has 1 aromatic rings. The Labute approximate surface area is 161 Å². The molecule has 4 rings (SSSR count). The number of aryl methyl sites for hydroxylation is 1. The molecule has 0 bridgehead atoms. The average Bonchev–Trinajstić information content (AvgIpc) is 3.30. The van der Waals surface area contributed by atoms with Crippen molar-refractivity contribution in [3.8, 4) is 0 Å². The molecular formula is C22H31N3O2. The number of likely N-dealkylation sites (tertiary alicyclic amines) is 1. The van der Waals surface area contributed by atoms with Crippen molar-refractivity contribution in [1.82, 2.24) is 15.5 Å². The van der Waals surface area contributed by atoms with Crippen molar-refractivity contribution in [3.63, 3.8) is 0 Å². The zero-order chi connectivity index (χ0) is 18.9. The summed E-state index contributed by atoms with van der Waals surface area (Å²) in [5.74, 6) is 0.778. The van der Waals surface area contributed by atoms with Gasteiger partial charge in [-0.2, -0.15) is 0 Å². The third-order valence-corrected chi connectivity index (χ3v) is 6.57. The molecule has 2 heterocycles. The van der Waals surface area contributed by atoms with E-state index in [0.29, 0.717) is 18.4 Å². The van der Waals surface area contributed by atoms with E-state index in [1.807, 2.05) is 12.1 Å². The molecule has 2 atom stereocenters. The minimum absolute atomic E-state index is 0.0258. The topological polar surface area (TPSA) is 61.4 Å². The van der Waals surface area contributed by atoms with E-state index in [1.54, 1.807) is 0 Å². The second kappa shape index (κ2) is 7.63. The quantitative estimate of drug-likeness (QED) is 0.836. The maximum Gasteiger partial charge on any atom is 0.237 e. The molecule has 0 aromatic heterocycles. The minimum atomic E-state index is -0.287. The lowest BCUT2D eigenvalue weighted by molar-refractivity contribution is -0.135. The van der Waals surface area contributed by atoms with E-state index in [0.717, 1.165) is 58.2 Å². The first-order valence-electron chi connectivity index (χ1n) is 10.5. The van der Waals surface area contributed by atoms with Gasteiger partial charge in [0.05, 0.1) is 11.5 Å². The van der Waals surface area contributed by atoms with Crippen molar-refractivity contribution in [2.45, 2.75) is 56.9 Å². The number of hydrogen-bond donors (Lipinski definition) is 2. The minimum Gasteiger partial charge on any atom is -0.354 e. The molecule has 2 saturated heterocycles. The van der Waals surface area contributed by atoms with E-state index in [4.69, 9.17) is 0 Å². The second-order valence-electron chi connectivity index (χ2n) is 8.55. The van der Waals surface area contributed by atoms with E-state index < -0.39 is 0 Å². The lowest BCUT2D eigenvalue weighted by Crippen LogP contribution is -2.49. The smallest absolute Gasteiger partial charge is 0.237 e. The van der Waals surface area contributed by atoms with Crippen LogP contribution in [0.1, 0.15) is 49.7 Å². The van der Waals surface area contributed by atoms with Crippen LogP contribution in [0.15, 0.2) is 24.3 Å². The maximum atomic E-state index is 13.4. The molecule has 3 fully saturated rings. The Bertz CT molecular complexity index is 707. The van der Waals surface area contributed by atoms with Crippen LogP contribution >= 0.6 is 0 Å². The summed E-state index contributed by atoms with van der Waals surface area (Å²) < 4.78 is 0. The molecule has 1 saturated carbocycles. The standard InChI is InChI=1S/C22H31N3O2/c1-16-6-2-3-8-18(16)22(10-11-22)21(27)25-13-5-7-17(15-25)14-24-20(26)19-9-4-12-23-19/h2-3,6,8,17,19,23H,4-5,7,9-15H2,1H3,(H,24,26). The molecule has 5 nitrogen and oxygen atoms in total. The van der Waals surface area contributed by atoms with Gasteiger partial charge in [-0.15, -0.1) is 0 Å². The van der Waals surface area contributed by atoms with Gasteiger partial charge in [0.1, 0.15) is 0 Å². The van der Waals surface area contributed by atoms with Gasteiger partial charge in [-0.1, -0.05) is 24.3 Å². The van der Waals surface area contributed by atoms with E-state index in [9.17, 15) is 9.59 Å². The normalized spacial score (nSPS) is 26.6. The molecule has 2 N–H and O–H groups in total.